The molecule has 3 nitrogen and oxygen atoms in total. The van der Waals surface area contributed by atoms with Crippen molar-refractivity contribution in [2.75, 3.05) is 26.8 Å². The Morgan fingerprint density at radius 1 is 1.11 bits per heavy atom. The number of nitrogens with zero attached hydrogens (tertiary/aromatic N) is 1. The highest BCUT2D eigenvalue weighted by atomic mass is 16.5. The van der Waals surface area contributed by atoms with Crippen LogP contribution in [0.1, 0.15) is 60.3 Å². The van der Waals surface area contributed by atoms with Crippen LogP contribution in [0, 0.1) is 0 Å². The third-order valence-corrected chi connectivity index (χ3v) is 5.48. The van der Waals surface area contributed by atoms with Gasteiger partial charge in [0.2, 0.25) is 0 Å². The van der Waals surface area contributed by atoms with Crippen LogP contribution < -0.4 is 5.32 Å². The Labute approximate surface area is 120 Å². The lowest BCUT2D eigenvalue weighted by Crippen LogP contribution is -2.71. The molecule has 1 N–H and O–H groups in total. The van der Waals surface area contributed by atoms with Gasteiger partial charge in [-0.15, -0.1) is 0 Å². The van der Waals surface area contributed by atoms with E-state index in [1.165, 1.54) is 25.7 Å². The van der Waals surface area contributed by atoms with Crippen molar-refractivity contribution in [3.05, 3.63) is 0 Å². The second kappa shape index (κ2) is 7.05. The van der Waals surface area contributed by atoms with Crippen molar-refractivity contribution in [3.8, 4) is 0 Å². The molecule has 1 rings (SSSR count). The average Bonchev–Trinajstić information content (AvgIpc) is 2.47. The lowest BCUT2D eigenvalue weighted by atomic mass is 9.79. The van der Waals surface area contributed by atoms with Crippen LogP contribution in [0.3, 0.4) is 0 Å². The molecule has 1 atom stereocenters. The SMILES string of the molecule is CCC1(CC)CN(C(C)COC)C(CC)(CC)CN1. The largest absolute Gasteiger partial charge is 0.383 e. The Balaban J connectivity index is 2.97. The molecule has 0 saturated carbocycles. The van der Waals surface area contributed by atoms with Gasteiger partial charge in [-0.1, -0.05) is 27.7 Å². The molecule has 0 aromatic rings. The van der Waals surface area contributed by atoms with Crippen molar-refractivity contribution >= 4 is 0 Å². The topological polar surface area (TPSA) is 24.5 Å². The standard InChI is InChI=1S/C16H34N2O/c1-7-15(8-2)13-18(14(5)11-19-6)16(9-3,10-4)12-17-15/h14,17H,7-13H2,1-6H3. The van der Waals surface area contributed by atoms with Gasteiger partial charge >= 0.3 is 0 Å². The zero-order valence-electron chi connectivity index (χ0n) is 13.9. The second-order valence-electron chi connectivity index (χ2n) is 6.20. The lowest BCUT2D eigenvalue weighted by Gasteiger charge is -2.56. The highest BCUT2D eigenvalue weighted by molar-refractivity contribution is 5.05. The molecule has 1 fully saturated rings. The van der Waals surface area contributed by atoms with E-state index in [0.717, 1.165) is 19.7 Å². The maximum atomic E-state index is 5.41. The van der Waals surface area contributed by atoms with Crippen LogP contribution in [0.5, 0.6) is 0 Å². The van der Waals surface area contributed by atoms with E-state index in [1.54, 1.807) is 0 Å². The van der Waals surface area contributed by atoms with Crippen molar-refractivity contribution in [1.82, 2.24) is 10.2 Å². The van der Waals surface area contributed by atoms with Crippen LogP contribution in [-0.4, -0.2) is 48.8 Å². The third-order valence-electron chi connectivity index (χ3n) is 5.48. The van der Waals surface area contributed by atoms with Gasteiger partial charge < -0.3 is 10.1 Å². The molecule has 1 unspecified atom stereocenters. The highest BCUT2D eigenvalue weighted by Gasteiger charge is 2.45. The molecule has 0 radical (unpaired) electrons. The summed E-state index contributed by atoms with van der Waals surface area (Å²) in [7, 11) is 1.81. The number of hydrogen-bond acceptors (Lipinski definition) is 3. The second-order valence-corrected chi connectivity index (χ2v) is 6.20. The quantitative estimate of drug-likeness (QED) is 0.769. The summed E-state index contributed by atoms with van der Waals surface area (Å²) in [6, 6.07) is 0.490. The number of methoxy groups -OCH3 is 1. The molecule has 0 bridgehead atoms. The van der Waals surface area contributed by atoms with E-state index in [9.17, 15) is 0 Å². The molecule has 1 aliphatic heterocycles. The van der Waals surface area contributed by atoms with Crippen LogP contribution in [0.15, 0.2) is 0 Å². The van der Waals surface area contributed by atoms with E-state index in [0.29, 0.717) is 11.6 Å². The van der Waals surface area contributed by atoms with Gasteiger partial charge in [0, 0.05) is 37.3 Å². The molecule has 0 aromatic heterocycles. The molecule has 0 aliphatic carbocycles. The Bertz CT molecular complexity index is 259. The summed E-state index contributed by atoms with van der Waals surface area (Å²) in [5.41, 5.74) is 0.585. The van der Waals surface area contributed by atoms with Crippen LogP contribution in [-0.2, 0) is 4.74 Å². The maximum absolute atomic E-state index is 5.41. The van der Waals surface area contributed by atoms with E-state index in [-0.39, 0.29) is 5.54 Å². The Morgan fingerprint density at radius 2 is 1.68 bits per heavy atom. The summed E-state index contributed by atoms with van der Waals surface area (Å²) >= 11 is 0. The van der Waals surface area contributed by atoms with E-state index in [1.807, 2.05) is 7.11 Å². The zero-order valence-corrected chi connectivity index (χ0v) is 13.9. The highest BCUT2D eigenvalue weighted by Crippen LogP contribution is 2.34. The first-order valence-corrected chi connectivity index (χ1v) is 8.03. The normalized spacial score (nSPS) is 24.3. The predicted molar refractivity (Wildman–Crippen MR) is 82.7 cm³/mol. The predicted octanol–water partition coefficient (Wildman–Crippen LogP) is 3.04. The molecule has 1 saturated heterocycles. The summed E-state index contributed by atoms with van der Waals surface area (Å²) in [4.78, 5) is 2.72. The van der Waals surface area contributed by atoms with Gasteiger partial charge in [0.05, 0.1) is 6.61 Å². The molecule has 19 heavy (non-hydrogen) atoms. The van der Waals surface area contributed by atoms with Gasteiger partial charge in [0.25, 0.3) is 0 Å². The molecule has 1 aliphatic rings. The van der Waals surface area contributed by atoms with Gasteiger partial charge in [-0.05, 0) is 32.6 Å². The number of piperazine rings is 1. The van der Waals surface area contributed by atoms with E-state index < -0.39 is 0 Å². The first-order valence-electron chi connectivity index (χ1n) is 8.03. The fraction of sp³-hybridized carbons (Fsp3) is 1.00. The van der Waals surface area contributed by atoms with Gasteiger partial charge in [-0.25, -0.2) is 0 Å². The molecule has 1 heterocycles. The van der Waals surface area contributed by atoms with E-state index in [4.69, 9.17) is 4.74 Å². The van der Waals surface area contributed by atoms with Gasteiger partial charge in [0.15, 0.2) is 0 Å². The maximum Gasteiger partial charge on any atom is 0.0615 e. The van der Waals surface area contributed by atoms with Gasteiger partial charge in [-0.2, -0.15) is 0 Å². The van der Waals surface area contributed by atoms with Crippen LogP contribution in [0.25, 0.3) is 0 Å². The minimum Gasteiger partial charge on any atom is -0.383 e. The number of nitrogens with one attached hydrogen (secondary N) is 1. The lowest BCUT2D eigenvalue weighted by molar-refractivity contribution is -0.0489. The van der Waals surface area contributed by atoms with Gasteiger partial charge in [0.1, 0.15) is 0 Å². The van der Waals surface area contributed by atoms with E-state index >= 15 is 0 Å². The van der Waals surface area contributed by atoms with Crippen LogP contribution in [0.2, 0.25) is 0 Å². The number of ether oxygens (including phenoxy) is 1. The van der Waals surface area contributed by atoms with Crippen molar-refractivity contribution < 1.29 is 4.74 Å². The minimum atomic E-state index is 0.288. The first kappa shape index (κ1) is 16.9. The first-order chi connectivity index (χ1) is 9.03. The van der Waals surface area contributed by atoms with Crippen molar-refractivity contribution in [1.29, 1.82) is 0 Å². The zero-order chi connectivity index (χ0) is 14.5. The van der Waals surface area contributed by atoms with Crippen LogP contribution >= 0.6 is 0 Å². The Kier molecular flexibility index (Phi) is 6.28. The fourth-order valence-corrected chi connectivity index (χ4v) is 3.59. The summed E-state index contributed by atoms with van der Waals surface area (Å²) in [5, 5.41) is 3.87. The summed E-state index contributed by atoms with van der Waals surface area (Å²) in [6.07, 6.45) is 4.80. The average molecular weight is 270 g/mol. The van der Waals surface area contributed by atoms with Crippen molar-refractivity contribution in [2.24, 2.45) is 0 Å². The molecule has 114 valence electrons. The smallest absolute Gasteiger partial charge is 0.0615 e. The number of hydrogen-bond donors (Lipinski definition) is 1. The molecule has 3 heteroatoms. The molecular formula is C16H34N2O. The number of rotatable bonds is 7. The van der Waals surface area contributed by atoms with Gasteiger partial charge in [-0.3, -0.25) is 4.90 Å². The molecule has 0 aromatic carbocycles. The molecule has 0 amide bonds. The fourth-order valence-electron chi connectivity index (χ4n) is 3.59. The monoisotopic (exact) mass is 270 g/mol. The summed E-state index contributed by atoms with van der Waals surface area (Å²) in [6.45, 7) is 14.6. The Hall–Kier alpha value is -0.120. The minimum absolute atomic E-state index is 0.288. The van der Waals surface area contributed by atoms with Crippen molar-refractivity contribution in [3.63, 3.8) is 0 Å². The molecule has 0 spiro atoms. The van der Waals surface area contributed by atoms with Crippen LogP contribution in [0.4, 0.5) is 0 Å². The summed E-state index contributed by atoms with van der Waals surface area (Å²) < 4.78 is 5.41. The molecular weight excluding hydrogens is 236 g/mol. The Morgan fingerprint density at radius 3 is 2.11 bits per heavy atom. The van der Waals surface area contributed by atoms with E-state index in [2.05, 4.69) is 44.8 Å². The van der Waals surface area contributed by atoms with Crippen molar-refractivity contribution in [2.45, 2.75) is 77.4 Å². The third kappa shape index (κ3) is 3.32. The summed E-state index contributed by atoms with van der Waals surface area (Å²) in [5.74, 6) is 0.